The van der Waals surface area contributed by atoms with E-state index in [0.29, 0.717) is 0 Å². The van der Waals surface area contributed by atoms with Crippen LogP contribution in [0.4, 0.5) is 0 Å². The van der Waals surface area contributed by atoms with Crippen LogP contribution in [0.15, 0.2) is 0 Å². The molecule has 5 heteroatoms. The molecule has 0 aromatic rings. The van der Waals surface area contributed by atoms with E-state index in [-0.39, 0.29) is 19.5 Å². The molecule has 0 radical (unpaired) electrons. The predicted octanol–water partition coefficient (Wildman–Crippen LogP) is -2.88. The van der Waals surface area contributed by atoms with Gasteiger partial charge in [0.25, 0.3) is 0 Å². The van der Waals surface area contributed by atoms with E-state index >= 15 is 0 Å². The van der Waals surface area contributed by atoms with Crippen molar-refractivity contribution >= 4 is 9.17 Å². The van der Waals surface area contributed by atoms with Crippen molar-refractivity contribution in [3.8, 4) is 0 Å². The maximum atomic E-state index is 8.52. The molecule has 0 fully saturated rings. The SMILES string of the molecule is O=[Si]([O-])[O-].[Ru+2]. The van der Waals surface area contributed by atoms with Crippen LogP contribution in [0, 0.1) is 0 Å². The molecular formula is O3RuSi. The fraction of sp³-hybridized carbons (Fsp3) is 0. The van der Waals surface area contributed by atoms with Crippen LogP contribution in [0.1, 0.15) is 0 Å². The van der Waals surface area contributed by atoms with E-state index in [4.69, 9.17) is 14.1 Å². The molecule has 0 aromatic carbocycles. The smallest absolute Gasteiger partial charge is 0.672 e. The molecule has 0 aliphatic carbocycles. The predicted molar refractivity (Wildman–Crippen MR) is 6.44 cm³/mol. The molecule has 0 spiro atoms. The third-order valence-corrected chi connectivity index (χ3v) is 0. The van der Waals surface area contributed by atoms with Gasteiger partial charge in [0.1, 0.15) is 0 Å². The van der Waals surface area contributed by atoms with Crippen molar-refractivity contribution < 1.29 is 33.5 Å². The van der Waals surface area contributed by atoms with Crippen molar-refractivity contribution in [3.63, 3.8) is 0 Å². The normalized spacial score (nSPS) is 4.80. The maximum Gasteiger partial charge on any atom is 2.00 e. The Bertz CT molecular complexity index is 29.9. The van der Waals surface area contributed by atoms with Crippen molar-refractivity contribution in [2.45, 2.75) is 0 Å². The van der Waals surface area contributed by atoms with Gasteiger partial charge in [-0.25, -0.2) is 0 Å². The Morgan fingerprint density at radius 3 is 1.40 bits per heavy atom. The minimum atomic E-state index is -3.63. The van der Waals surface area contributed by atoms with Crippen molar-refractivity contribution in [1.29, 1.82) is 0 Å². The zero-order valence-corrected chi connectivity index (χ0v) is 4.82. The van der Waals surface area contributed by atoms with E-state index < -0.39 is 9.17 Å². The van der Waals surface area contributed by atoms with Crippen LogP contribution in [0.25, 0.3) is 0 Å². The second-order valence-corrected chi connectivity index (χ2v) is 0.750. The second-order valence-electron chi connectivity index (χ2n) is 0.250. The number of hydrogen-bond donors (Lipinski definition) is 0. The first-order valence-corrected chi connectivity index (χ1v) is 1.84. The van der Waals surface area contributed by atoms with Crippen LogP contribution in [0.2, 0.25) is 0 Å². The van der Waals surface area contributed by atoms with Gasteiger partial charge in [-0.2, -0.15) is 0 Å². The zero-order chi connectivity index (χ0) is 3.58. The average molecular weight is 177 g/mol. The topological polar surface area (TPSA) is 63.2 Å². The summed E-state index contributed by atoms with van der Waals surface area (Å²) in [4.78, 5) is 17.0. The molecule has 0 heterocycles. The van der Waals surface area contributed by atoms with Gasteiger partial charge in [0.05, 0.1) is 0 Å². The maximum absolute atomic E-state index is 8.52. The Labute approximate surface area is 43.3 Å². The number of hydrogen-bond acceptors (Lipinski definition) is 3. The van der Waals surface area contributed by atoms with E-state index in [0.717, 1.165) is 0 Å². The van der Waals surface area contributed by atoms with E-state index in [1.165, 1.54) is 0 Å². The largest absolute Gasteiger partial charge is 2.00 e. The summed E-state index contributed by atoms with van der Waals surface area (Å²) in [5, 5.41) is 0. The molecule has 0 N–H and O–H groups in total. The summed E-state index contributed by atoms with van der Waals surface area (Å²) < 4.78 is 8.52. The van der Waals surface area contributed by atoms with Crippen molar-refractivity contribution in [2.24, 2.45) is 0 Å². The molecule has 0 saturated carbocycles. The Balaban J connectivity index is 0. The Morgan fingerprint density at radius 1 is 1.40 bits per heavy atom. The summed E-state index contributed by atoms with van der Waals surface area (Å²) in [5.74, 6) is 0. The van der Waals surface area contributed by atoms with Gasteiger partial charge in [0, 0.05) is 9.17 Å². The molecule has 0 atom stereocenters. The van der Waals surface area contributed by atoms with Gasteiger partial charge in [-0.15, -0.1) is 0 Å². The van der Waals surface area contributed by atoms with Crippen LogP contribution in [-0.2, 0) is 23.9 Å². The third kappa shape index (κ3) is 369. The van der Waals surface area contributed by atoms with Crippen molar-refractivity contribution in [2.75, 3.05) is 0 Å². The molecule has 0 saturated heterocycles. The quantitative estimate of drug-likeness (QED) is 0.373. The summed E-state index contributed by atoms with van der Waals surface area (Å²) in [7, 11) is -3.63. The number of rotatable bonds is 0. The van der Waals surface area contributed by atoms with Gasteiger partial charge in [0.2, 0.25) is 0 Å². The van der Waals surface area contributed by atoms with Gasteiger partial charge in [-0.3, -0.25) is 0 Å². The first-order chi connectivity index (χ1) is 1.73. The van der Waals surface area contributed by atoms with E-state index in [1.54, 1.807) is 0 Å². The van der Waals surface area contributed by atoms with Gasteiger partial charge in [-0.05, 0) is 0 Å². The molecule has 0 aliphatic heterocycles. The average Bonchev–Trinajstić information content (AvgIpc) is 0.811. The minimum absolute atomic E-state index is 0. The van der Waals surface area contributed by atoms with E-state index in [1.807, 2.05) is 0 Å². The molecule has 30 valence electrons. The minimum Gasteiger partial charge on any atom is -0.672 e. The molecule has 0 aromatic heterocycles. The molecule has 0 rings (SSSR count). The molecule has 0 unspecified atom stereocenters. The monoisotopic (exact) mass is 178 g/mol. The van der Waals surface area contributed by atoms with Crippen molar-refractivity contribution in [3.05, 3.63) is 0 Å². The van der Waals surface area contributed by atoms with Crippen LogP contribution in [0.3, 0.4) is 0 Å². The summed E-state index contributed by atoms with van der Waals surface area (Å²) >= 11 is 0. The first-order valence-electron chi connectivity index (χ1n) is 0.612. The van der Waals surface area contributed by atoms with Gasteiger partial charge in [0.15, 0.2) is 0 Å². The summed E-state index contributed by atoms with van der Waals surface area (Å²) in [6.07, 6.45) is 0. The van der Waals surface area contributed by atoms with Gasteiger partial charge < -0.3 is 14.1 Å². The molecule has 0 bridgehead atoms. The Kier molecular flexibility index (Phi) is 7.61. The van der Waals surface area contributed by atoms with Crippen LogP contribution in [-0.4, -0.2) is 9.17 Å². The van der Waals surface area contributed by atoms with Crippen LogP contribution >= 0.6 is 0 Å². The Morgan fingerprint density at radius 2 is 1.40 bits per heavy atom. The first kappa shape index (κ1) is 8.97. The third-order valence-electron chi connectivity index (χ3n) is 0. The molecule has 5 heavy (non-hydrogen) atoms. The molecule has 3 nitrogen and oxygen atoms in total. The van der Waals surface area contributed by atoms with Crippen LogP contribution < -0.4 is 9.59 Å². The van der Waals surface area contributed by atoms with E-state index in [2.05, 4.69) is 0 Å². The van der Waals surface area contributed by atoms with Gasteiger partial charge >= 0.3 is 19.5 Å². The fourth-order valence-corrected chi connectivity index (χ4v) is 0. The second kappa shape index (κ2) is 4.24. The molecular weight excluding hydrogens is 177 g/mol. The summed E-state index contributed by atoms with van der Waals surface area (Å²) in [5.41, 5.74) is 0. The van der Waals surface area contributed by atoms with Gasteiger partial charge in [-0.1, -0.05) is 0 Å². The van der Waals surface area contributed by atoms with E-state index in [9.17, 15) is 0 Å². The molecule has 0 amide bonds. The van der Waals surface area contributed by atoms with Crippen molar-refractivity contribution in [1.82, 2.24) is 0 Å². The fourth-order valence-electron chi connectivity index (χ4n) is 0. The molecule has 0 aliphatic rings. The summed E-state index contributed by atoms with van der Waals surface area (Å²) in [6, 6.07) is 0. The Hall–Kier alpha value is 0.240. The summed E-state index contributed by atoms with van der Waals surface area (Å²) in [6.45, 7) is 0. The van der Waals surface area contributed by atoms with Crippen LogP contribution in [0.5, 0.6) is 0 Å². The zero-order valence-electron chi connectivity index (χ0n) is 2.08. The standard InChI is InChI=1S/O3Si.Ru/c1-4(2)3;/q-2;+2.